The third kappa shape index (κ3) is 2.57. The van der Waals surface area contributed by atoms with Crippen molar-refractivity contribution in [1.29, 1.82) is 5.26 Å². The monoisotopic (exact) mass is 309 g/mol. The van der Waals surface area contributed by atoms with Crippen molar-refractivity contribution < 1.29 is 8.42 Å². The standard InChI is InChI=1S/C15H16ClNO2S/c16-14-6-11(8-17)2-3-12(14)9-20(18,19)10-13-7-15(13)4-1-5-15/h2-3,6,13H,1,4-5,7,9-10H2. The number of halogens is 1. The minimum atomic E-state index is -3.13. The Labute approximate surface area is 124 Å². The molecule has 0 heterocycles. The lowest BCUT2D eigenvalue weighted by Gasteiger charge is -2.26. The van der Waals surface area contributed by atoms with Gasteiger partial charge in [0.05, 0.1) is 23.1 Å². The van der Waals surface area contributed by atoms with Crippen molar-refractivity contribution >= 4 is 21.4 Å². The molecule has 3 nitrogen and oxygen atoms in total. The largest absolute Gasteiger partial charge is 0.228 e. The van der Waals surface area contributed by atoms with Gasteiger partial charge in [0.1, 0.15) is 0 Å². The van der Waals surface area contributed by atoms with E-state index in [1.807, 2.05) is 6.07 Å². The summed E-state index contributed by atoms with van der Waals surface area (Å²) >= 11 is 6.05. The molecule has 2 fully saturated rings. The summed E-state index contributed by atoms with van der Waals surface area (Å²) < 4.78 is 24.5. The molecule has 0 N–H and O–H groups in total. The zero-order valence-corrected chi connectivity index (χ0v) is 12.7. The molecule has 2 aliphatic carbocycles. The van der Waals surface area contributed by atoms with E-state index in [4.69, 9.17) is 16.9 Å². The van der Waals surface area contributed by atoms with Crippen molar-refractivity contribution in [1.82, 2.24) is 0 Å². The van der Waals surface area contributed by atoms with Crippen molar-refractivity contribution in [2.24, 2.45) is 11.3 Å². The SMILES string of the molecule is N#Cc1ccc(CS(=O)(=O)CC2CC23CCC3)c(Cl)c1. The highest BCUT2D eigenvalue weighted by molar-refractivity contribution is 7.90. The summed E-state index contributed by atoms with van der Waals surface area (Å²) in [5.74, 6) is 0.617. The fourth-order valence-corrected chi connectivity index (χ4v) is 5.50. The summed E-state index contributed by atoms with van der Waals surface area (Å²) in [7, 11) is -3.13. The second-order valence-electron chi connectivity index (χ2n) is 6.09. The highest BCUT2D eigenvalue weighted by Gasteiger charge is 2.58. The lowest BCUT2D eigenvalue weighted by molar-refractivity contribution is 0.264. The van der Waals surface area contributed by atoms with Crippen LogP contribution in [0.2, 0.25) is 5.02 Å². The maximum Gasteiger partial charge on any atom is 0.154 e. The normalized spacial score (nSPS) is 23.1. The Kier molecular flexibility index (Phi) is 3.30. The summed E-state index contributed by atoms with van der Waals surface area (Å²) in [6.45, 7) is 0. The van der Waals surface area contributed by atoms with Crippen molar-refractivity contribution in [3.63, 3.8) is 0 Å². The van der Waals surface area contributed by atoms with Crippen molar-refractivity contribution in [3.05, 3.63) is 34.3 Å². The van der Waals surface area contributed by atoms with Gasteiger partial charge in [-0.2, -0.15) is 5.26 Å². The van der Waals surface area contributed by atoms with Crippen LogP contribution in [0, 0.1) is 22.7 Å². The lowest BCUT2D eigenvalue weighted by Crippen LogP contribution is -2.20. The number of nitrogens with zero attached hydrogens (tertiary/aromatic N) is 1. The third-order valence-corrected chi connectivity index (χ3v) is 6.73. The number of sulfone groups is 1. The highest BCUT2D eigenvalue weighted by atomic mass is 35.5. The van der Waals surface area contributed by atoms with Crippen LogP contribution in [0.25, 0.3) is 0 Å². The Hall–Kier alpha value is -1.05. The number of rotatable bonds is 4. The first-order valence-electron chi connectivity index (χ1n) is 6.83. The lowest BCUT2D eigenvalue weighted by atomic mass is 9.80. The molecular weight excluding hydrogens is 294 g/mol. The number of hydrogen-bond acceptors (Lipinski definition) is 3. The molecule has 1 aromatic carbocycles. The fraction of sp³-hybridized carbons (Fsp3) is 0.533. The molecule has 5 heteroatoms. The van der Waals surface area contributed by atoms with Gasteiger partial charge in [0.2, 0.25) is 0 Å². The van der Waals surface area contributed by atoms with Gasteiger partial charge in [-0.25, -0.2) is 8.42 Å². The second-order valence-corrected chi connectivity index (χ2v) is 8.61. The van der Waals surface area contributed by atoms with Crippen LogP contribution < -0.4 is 0 Å². The Balaban J connectivity index is 1.69. The Morgan fingerprint density at radius 3 is 2.65 bits per heavy atom. The third-order valence-electron chi connectivity index (χ3n) is 4.72. The van der Waals surface area contributed by atoms with Gasteiger partial charge in [0.15, 0.2) is 9.84 Å². The van der Waals surface area contributed by atoms with Crippen LogP contribution in [-0.2, 0) is 15.6 Å². The van der Waals surface area contributed by atoms with Crippen LogP contribution in [0.3, 0.4) is 0 Å². The average molecular weight is 310 g/mol. The van der Waals surface area contributed by atoms with E-state index in [-0.39, 0.29) is 11.5 Å². The summed E-state index contributed by atoms with van der Waals surface area (Å²) in [6, 6.07) is 6.77. The molecule has 2 aliphatic rings. The van der Waals surface area contributed by atoms with Crippen molar-refractivity contribution in [3.8, 4) is 6.07 Å². The minimum absolute atomic E-state index is 0.0237. The van der Waals surface area contributed by atoms with Crippen LogP contribution in [-0.4, -0.2) is 14.2 Å². The van der Waals surface area contributed by atoms with Crippen molar-refractivity contribution in [2.75, 3.05) is 5.75 Å². The van der Waals surface area contributed by atoms with Crippen LogP contribution in [0.5, 0.6) is 0 Å². The predicted molar refractivity (Wildman–Crippen MR) is 78.0 cm³/mol. The Bertz CT molecular complexity index is 686. The molecule has 1 aromatic rings. The molecule has 20 heavy (non-hydrogen) atoms. The van der Waals surface area contributed by atoms with E-state index in [1.54, 1.807) is 12.1 Å². The molecule has 0 saturated heterocycles. The first kappa shape index (κ1) is 13.9. The smallest absolute Gasteiger partial charge is 0.154 e. The van der Waals surface area contributed by atoms with Crippen LogP contribution in [0.15, 0.2) is 18.2 Å². The van der Waals surface area contributed by atoms with Gasteiger partial charge < -0.3 is 0 Å². The Morgan fingerprint density at radius 2 is 2.15 bits per heavy atom. The maximum absolute atomic E-state index is 12.3. The maximum atomic E-state index is 12.3. The van der Waals surface area contributed by atoms with E-state index >= 15 is 0 Å². The number of nitriles is 1. The molecule has 0 bridgehead atoms. The zero-order valence-electron chi connectivity index (χ0n) is 11.1. The summed E-state index contributed by atoms with van der Waals surface area (Å²) in [6.07, 6.45) is 4.72. The van der Waals surface area contributed by atoms with Crippen LogP contribution >= 0.6 is 11.6 Å². The van der Waals surface area contributed by atoms with Gasteiger partial charge >= 0.3 is 0 Å². The molecule has 1 atom stereocenters. The van der Waals surface area contributed by atoms with E-state index in [2.05, 4.69) is 0 Å². The van der Waals surface area contributed by atoms with Gasteiger partial charge in [-0.05, 0) is 48.3 Å². The van der Waals surface area contributed by atoms with Gasteiger partial charge in [0.25, 0.3) is 0 Å². The summed E-state index contributed by atoms with van der Waals surface area (Å²) in [5, 5.41) is 9.14. The first-order valence-corrected chi connectivity index (χ1v) is 9.03. The molecule has 106 valence electrons. The van der Waals surface area contributed by atoms with Gasteiger partial charge in [0, 0.05) is 5.02 Å². The molecule has 3 rings (SSSR count). The Morgan fingerprint density at radius 1 is 1.40 bits per heavy atom. The van der Waals surface area contributed by atoms with E-state index in [9.17, 15) is 8.42 Å². The molecule has 1 spiro atoms. The van der Waals surface area contributed by atoms with Crippen LogP contribution in [0.1, 0.15) is 36.8 Å². The van der Waals surface area contributed by atoms with E-state index < -0.39 is 9.84 Å². The fourth-order valence-electron chi connectivity index (χ4n) is 3.25. The molecule has 1 unspecified atom stereocenters. The highest BCUT2D eigenvalue weighted by Crippen LogP contribution is 2.65. The number of hydrogen-bond donors (Lipinski definition) is 0. The van der Waals surface area contributed by atoms with E-state index in [0.717, 1.165) is 6.42 Å². The molecule has 0 aromatic heterocycles. The first-order chi connectivity index (χ1) is 9.44. The number of benzene rings is 1. The van der Waals surface area contributed by atoms with Crippen LogP contribution in [0.4, 0.5) is 0 Å². The summed E-state index contributed by atoms with van der Waals surface area (Å²) in [5.41, 5.74) is 1.42. The van der Waals surface area contributed by atoms with Gasteiger partial charge in [-0.1, -0.05) is 24.1 Å². The van der Waals surface area contributed by atoms with Gasteiger partial charge in [-0.15, -0.1) is 0 Å². The van der Waals surface area contributed by atoms with Crippen molar-refractivity contribution in [2.45, 2.75) is 31.4 Å². The molecule has 0 amide bonds. The van der Waals surface area contributed by atoms with E-state index in [0.29, 0.717) is 27.5 Å². The minimum Gasteiger partial charge on any atom is -0.228 e. The summed E-state index contributed by atoms with van der Waals surface area (Å²) in [4.78, 5) is 0. The molecule has 0 aliphatic heterocycles. The quantitative estimate of drug-likeness (QED) is 0.857. The average Bonchev–Trinajstić information content (AvgIpc) is 3.05. The van der Waals surface area contributed by atoms with E-state index in [1.165, 1.54) is 25.3 Å². The second kappa shape index (κ2) is 4.75. The molecular formula is C15H16ClNO2S. The topological polar surface area (TPSA) is 57.9 Å². The predicted octanol–water partition coefficient (Wildman–Crippen LogP) is 3.32. The molecule has 2 saturated carbocycles. The molecule has 0 radical (unpaired) electrons. The zero-order chi connectivity index (χ0) is 14.4. The van der Waals surface area contributed by atoms with Gasteiger partial charge in [-0.3, -0.25) is 0 Å².